The number of benzene rings is 1. The summed E-state index contributed by atoms with van der Waals surface area (Å²) >= 11 is 11.9. The van der Waals surface area contributed by atoms with Crippen molar-refractivity contribution in [3.8, 4) is 0 Å². The molecule has 6 heteroatoms. The summed E-state index contributed by atoms with van der Waals surface area (Å²) in [7, 11) is 0. The lowest BCUT2D eigenvalue weighted by atomic mass is 9.89. The lowest BCUT2D eigenvalue weighted by Crippen LogP contribution is -2.34. The van der Waals surface area contributed by atoms with Gasteiger partial charge >= 0.3 is 5.97 Å². The van der Waals surface area contributed by atoms with E-state index < -0.39 is 11.4 Å². The minimum atomic E-state index is -1.10. The van der Waals surface area contributed by atoms with Crippen LogP contribution in [0.4, 0.5) is 0 Å². The highest BCUT2D eigenvalue weighted by Crippen LogP contribution is 2.27. The molecular formula is C14H17Cl2NO3. The summed E-state index contributed by atoms with van der Waals surface area (Å²) in [5, 5.41) is 12.7. The topological polar surface area (TPSA) is 66.4 Å². The van der Waals surface area contributed by atoms with Crippen molar-refractivity contribution in [3.63, 3.8) is 0 Å². The zero-order chi connectivity index (χ0) is 15.5. The van der Waals surface area contributed by atoms with Gasteiger partial charge in [0.15, 0.2) is 0 Å². The zero-order valence-electron chi connectivity index (χ0n) is 11.5. The molecule has 2 N–H and O–H groups in total. The van der Waals surface area contributed by atoms with Crippen molar-refractivity contribution in [2.24, 2.45) is 5.41 Å². The van der Waals surface area contributed by atoms with E-state index in [2.05, 4.69) is 5.32 Å². The fraction of sp³-hybridized carbons (Fsp3) is 0.429. The molecule has 0 aliphatic carbocycles. The third-order valence-electron chi connectivity index (χ3n) is 2.99. The fourth-order valence-corrected chi connectivity index (χ4v) is 2.27. The number of carbonyl (C=O) groups is 2. The molecule has 0 fully saturated rings. The normalized spacial score (nSPS) is 12.8. The van der Waals surface area contributed by atoms with Gasteiger partial charge < -0.3 is 10.4 Å². The summed E-state index contributed by atoms with van der Waals surface area (Å²) in [5.41, 5.74) is -0.370. The molecule has 1 amide bonds. The summed E-state index contributed by atoms with van der Waals surface area (Å²) in [5.74, 6) is -1.35. The van der Waals surface area contributed by atoms with Gasteiger partial charge in [0.25, 0.3) is 0 Å². The maximum absolute atomic E-state index is 11.9. The van der Waals surface area contributed by atoms with Crippen LogP contribution in [0.25, 0.3) is 0 Å². The number of rotatable bonds is 5. The predicted molar refractivity (Wildman–Crippen MR) is 79.1 cm³/mol. The Morgan fingerprint density at radius 2 is 1.95 bits per heavy atom. The lowest BCUT2D eigenvalue weighted by Gasteiger charge is -2.21. The van der Waals surface area contributed by atoms with Crippen LogP contribution >= 0.6 is 23.2 Å². The number of hydrogen-bond acceptors (Lipinski definition) is 2. The molecule has 1 atom stereocenters. The van der Waals surface area contributed by atoms with Crippen molar-refractivity contribution in [1.29, 1.82) is 0 Å². The minimum Gasteiger partial charge on any atom is -0.481 e. The summed E-state index contributed by atoms with van der Waals surface area (Å²) in [6.07, 6.45) is -0.0993. The maximum Gasteiger partial charge on any atom is 0.309 e. The van der Waals surface area contributed by atoms with Gasteiger partial charge in [-0.1, -0.05) is 29.3 Å². The van der Waals surface area contributed by atoms with Gasteiger partial charge in [0.05, 0.1) is 11.5 Å². The molecule has 0 saturated carbocycles. The average molecular weight is 318 g/mol. The van der Waals surface area contributed by atoms with Gasteiger partial charge in [-0.05, 0) is 38.5 Å². The second kappa shape index (κ2) is 6.46. The Morgan fingerprint density at radius 3 is 2.45 bits per heavy atom. The van der Waals surface area contributed by atoms with E-state index in [1.165, 1.54) is 13.8 Å². The summed E-state index contributed by atoms with van der Waals surface area (Å²) in [6.45, 7) is 4.80. The smallest absolute Gasteiger partial charge is 0.309 e. The molecule has 0 bridgehead atoms. The van der Waals surface area contributed by atoms with Gasteiger partial charge in [0, 0.05) is 16.5 Å². The van der Waals surface area contributed by atoms with Crippen LogP contribution in [0.2, 0.25) is 10.0 Å². The highest BCUT2D eigenvalue weighted by Gasteiger charge is 2.30. The van der Waals surface area contributed by atoms with Crippen LogP contribution in [0.3, 0.4) is 0 Å². The molecule has 20 heavy (non-hydrogen) atoms. The fourth-order valence-electron chi connectivity index (χ4n) is 1.70. The molecule has 1 rings (SSSR count). The van der Waals surface area contributed by atoms with Crippen LogP contribution in [-0.2, 0) is 9.59 Å². The Bertz CT molecular complexity index is 529. The molecule has 1 aromatic carbocycles. The third-order valence-corrected chi connectivity index (χ3v) is 3.55. The Morgan fingerprint density at radius 1 is 1.35 bits per heavy atom. The Labute approximate surface area is 128 Å². The Kier molecular flexibility index (Phi) is 5.42. The van der Waals surface area contributed by atoms with Gasteiger partial charge in [-0.25, -0.2) is 0 Å². The van der Waals surface area contributed by atoms with Gasteiger partial charge in [-0.15, -0.1) is 0 Å². The lowest BCUT2D eigenvalue weighted by molar-refractivity contribution is -0.149. The summed E-state index contributed by atoms with van der Waals surface area (Å²) < 4.78 is 0. The number of carboxylic acid groups (broad SMARTS) is 1. The second-order valence-electron chi connectivity index (χ2n) is 5.32. The molecule has 0 aliphatic rings. The number of hydrogen-bond donors (Lipinski definition) is 2. The summed E-state index contributed by atoms with van der Waals surface area (Å²) in [6, 6.07) is 4.70. The first kappa shape index (κ1) is 16.8. The van der Waals surface area contributed by atoms with Crippen molar-refractivity contribution in [1.82, 2.24) is 5.32 Å². The van der Waals surface area contributed by atoms with E-state index in [9.17, 15) is 9.59 Å². The predicted octanol–water partition coefficient (Wildman–Crippen LogP) is 3.67. The minimum absolute atomic E-state index is 0.0993. The molecule has 110 valence electrons. The summed E-state index contributed by atoms with van der Waals surface area (Å²) in [4.78, 5) is 22.9. The Balaban J connectivity index is 2.73. The number of carbonyl (C=O) groups excluding carboxylic acids is 1. The third kappa shape index (κ3) is 4.39. The van der Waals surface area contributed by atoms with Crippen molar-refractivity contribution in [2.75, 3.05) is 0 Å². The molecule has 0 spiro atoms. The molecule has 0 heterocycles. The molecule has 0 aliphatic heterocycles. The number of amides is 1. The number of carboxylic acids is 1. The van der Waals surface area contributed by atoms with Gasteiger partial charge in [0.2, 0.25) is 5.91 Å². The van der Waals surface area contributed by atoms with Crippen molar-refractivity contribution < 1.29 is 14.7 Å². The van der Waals surface area contributed by atoms with Gasteiger partial charge in [-0.3, -0.25) is 9.59 Å². The number of halogens is 2. The second-order valence-corrected chi connectivity index (χ2v) is 6.16. The van der Waals surface area contributed by atoms with Crippen LogP contribution in [0.5, 0.6) is 0 Å². The van der Waals surface area contributed by atoms with Crippen LogP contribution in [0, 0.1) is 5.41 Å². The van der Waals surface area contributed by atoms with E-state index in [1.54, 1.807) is 25.1 Å². The molecule has 4 nitrogen and oxygen atoms in total. The molecule has 0 saturated heterocycles. The standard InChI is InChI=1S/C14H17Cl2NO3/c1-8(10-5-4-9(15)6-11(10)16)17-12(18)7-14(2,3)13(19)20/h4-6,8H,7H2,1-3H3,(H,17,18)(H,19,20). The maximum atomic E-state index is 11.9. The van der Waals surface area contributed by atoms with Crippen molar-refractivity contribution >= 4 is 35.1 Å². The van der Waals surface area contributed by atoms with Crippen LogP contribution in [0.15, 0.2) is 18.2 Å². The van der Waals surface area contributed by atoms with Crippen molar-refractivity contribution in [2.45, 2.75) is 33.2 Å². The zero-order valence-corrected chi connectivity index (χ0v) is 13.0. The molecule has 1 aromatic rings. The van der Waals surface area contributed by atoms with Crippen molar-refractivity contribution in [3.05, 3.63) is 33.8 Å². The van der Waals surface area contributed by atoms with E-state index in [0.717, 1.165) is 5.56 Å². The van der Waals surface area contributed by atoms with Crippen LogP contribution in [0.1, 0.15) is 38.8 Å². The molecular weight excluding hydrogens is 301 g/mol. The van der Waals surface area contributed by atoms with Crippen LogP contribution in [-0.4, -0.2) is 17.0 Å². The first-order valence-corrected chi connectivity index (χ1v) is 6.87. The van der Waals surface area contributed by atoms with E-state index in [0.29, 0.717) is 10.0 Å². The highest BCUT2D eigenvalue weighted by molar-refractivity contribution is 6.35. The average Bonchev–Trinajstić information content (AvgIpc) is 2.26. The van der Waals surface area contributed by atoms with E-state index in [4.69, 9.17) is 28.3 Å². The van der Waals surface area contributed by atoms with Gasteiger partial charge in [-0.2, -0.15) is 0 Å². The quantitative estimate of drug-likeness (QED) is 0.870. The van der Waals surface area contributed by atoms with E-state index in [1.807, 2.05) is 0 Å². The van der Waals surface area contributed by atoms with Crippen LogP contribution < -0.4 is 5.32 Å². The molecule has 1 unspecified atom stereocenters. The number of aliphatic carboxylic acids is 1. The van der Waals surface area contributed by atoms with E-state index >= 15 is 0 Å². The first-order chi connectivity index (χ1) is 9.13. The Hall–Kier alpha value is -1.26. The number of nitrogens with one attached hydrogen (secondary N) is 1. The SMILES string of the molecule is CC(NC(=O)CC(C)(C)C(=O)O)c1ccc(Cl)cc1Cl. The molecule has 0 aromatic heterocycles. The highest BCUT2D eigenvalue weighted by atomic mass is 35.5. The largest absolute Gasteiger partial charge is 0.481 e. The monoisotopic (exact) mass is 317 g/mol. The van der Waals surface area contributed by atoms with E-state index in [-0.39, 0.29) is 18.4 Å². The van der Waals surface area contributed by atoms with Gasteiger partial charge in [0.1, 0.15) is 0 Å². The first-order valence-electron chi connectivity index (χ1n) is 6.11. The molecule has 0 radical (unpaired) electrons.